The fourth-order valence-electron chi connectivity index (χ4n) is 4.04. The van der Waals surface area contributed by atoms with Crippen LogP contribution in [-0.4, -0.2) is 30.4 Å². The van der Waals surface area contributed by atoms with Crippen LogP contribution in [0.25, 0.3) is 11.0 Å². The van der Waals surface area contributed by atoms with E-state index in [1.165, 1.54) is 12.5 Å². The van der Waals surface area contributed by atoms with Crippen LogP contribution in [0, 0.1) is 6.92 Å². The van der Waals surface area contributed by atoms with E-state index in [0.29, 0.717) is 27.6 Å². The van der Waals surface area contributed by atoms with E-state index in [4.69, 9.17) is 27.6 Å². The zero-order chi connectivity index (χ0) is 22.0. The summed E-state index contributed by atoms with van der Waals surface area (Å²) in [5, 5.41) is 4.49. The highest BCUT2D eigenvalue weighted by molar-refractivity contribution is 6.32. The van der Waals surface area contributed by atoms with Gasteiger partial charge >= 0.3 is 0 Å². The first-order valence-electron chi connectivity index (χ1n) is 10.4. The summed E-state index contributed by atoms with van der Waals surface area (Å²) < 4.78 is 5.74. The van der Waals surface area contributed by atoms with Gasteiger partial charge in [-0.2, -0.15) is 0 Å². The molecule has 0 bridgehead atoms. The molecule has 2 aromatic carbocycles. The second-order valence-corrected chi connectivity index (χ2v) is 8.79. The Morgan fingerprint density at radius 2 is 1.81 bits per heavy atom. The molecule has 5 nitrogen and oxygen atoms in total. The lowest BCUT2D eigenvalue weighted by atomic mass is 10.0. The van der Waals surface area contributed by atoms with Crippen molar-refractivity contribution in [3.63, 3.8) is 0 Å². The molecule has 7 heteroatoms. The van der Waals surface area contributed by atoms with Crippen LogP contribution >= 0.6 is 23.2 Å². The van der Waals surface area contributed by atoms with Crippen LogP contribution in [0.15, 0.2) is 51.7 Å². The fourth-order valence-corrected chi connectivity index (χ4v) is 4.33. The summed E-state index contributed by atoms with van der Waals surface area (Å²) in [6.45, 7) is 4.19. The van der Waals surface area contributed by atoms with Crippen LogP contribution < -0.4 is 10.7 Å². The number of amides is 1. The first-order chi connectivity index (χ1) is 14.9. The van der Waals surface area contributed by atoms with Crippen molar-refractivity contribution in [1.82, 2.24) is 10.2 Å². The third kappa shape index (κ3) is 4.95. The van der Waals surface area contributed by atoms with Crippen LogP contribution in [0.1, 0.15) is 47.0 Å². The second kappa shape index (κ2) is 9.43. The number of carbonyl (C=O) groups is 1. The maximum absolute atomic E-state index is 12.9. The van der Waals surface area contributed by atoms with E-state index in [-0.39, 0.29) is 17.2 Å². The number of hydrogen-bond donors (Lipinski definition) is 1. The normalized spacial score (nSPS) is 15.7. The molecule has 1 fully saturated rings. The summed E-state index contributed by atoms with van der Waals surface area (Å²) in [6.07, 6.45) is 3.50. The molecule has 0 saturated carbocycles. The van der Waals surface area contributed by atoms with E-state index >= 15 is 0 Å². The summed E-state index contributed by atoms with van der Waals surface area (Å²) in [5.74, 6) is -0.421. The second-order valence-electron chi connectivity index (χ2n) is 7.95. The van der Waals surface area contributed by atoms with Crippen molar-refractivity contribution in [1.29, 1.82) is 0 Å². The van der Waals surface area contributed by atoms with Gasteiger partial charge in [-0.25, -0.2) is 0 Å². The predicted molar refractivity (Wildman–Crippen MR) is 124 cm³/mol. The minimum atomic E-state index is -0.414. The first kappa shape index (κ1) is 21.9. The van der Waals surface area contributed by atoms with Gasteiger partial charge in [-0.1, -0.05) is 41.8 Å². The molecule has 1 atom stereocenters. The predicted octanol–water partition coefficient (Wildman–Crippen LogP) is 5.37. The van der Waals surface area contributed by atoms with Gasteiger partial charge in [-0.15, -0.1) is 0 Å². The van der Waals surface area contributed by atoms with Gasteiger partial charge in [0.2, 0.25) is 0 Å². The molecule has 1 aliphatic heterocycles. The Bertz CT molecular complexity index is 1150. The SMILES string of the molecule is Cc1cc2oc(C(=O)NC[C@@H](c3ccc(Cl)cc3)N3CCCCC3)cc(=O)c2cc1Cl. The fraction of sp³-hybridized carbons (Fsp3) is 0.333. The van der Waals surface area contributed by atoms with E-state index in [9.17, 15) is 9.59 Å². The van der Waals surface area contributed by atoms with Crippen molar-refractivity contribution in [3.8, 4) is 0 Å². The van der Waals surface area contributed by atoms with Gasteiger partial charge in [0, 0.05) is 22.7 Å². The number of halogens is 2. The number of aryl methyl sites for hydroxylation is 1. The van der Waals surface area contributed by atoms with E-state index in [1.54, 1.807) is 12.1 Å². The topological polar surface area (TPSA) is 62.6 Å². The number of likely N-dealkylation sites (tertiary alicyclic amines) is 1. The Balaban J connectivity index is 1.56. The minimum Gasteiger partial charge on any atom is -0.451 e. The van der Waals surface area contributed by atoms with Crippen molar-refractivity contribution >= 4 is 40.1 Å². The molecule has 1 N–H and O–H groups in total. The summed E-state index contributed by atoms with van der Waals surface area (Å²) in [4.78, 5) is 27.7. The summed E-state index contributed by atoms with van der Waals surface area (Å²) in [7, 11) is 0. The van der Waals surface area contributed by atoms with E-state index < -0.39 is 5.91 Å². The molecule has 162 valence electrons. The van der Waals surface area contributed by atoms with Gasteiger partial charge in [0.05, 0.1) is 11.4 Å². The molecule has 0 spiro atoms. The third-order valence-electron chi connectivity index (χ3n) is 5.77. The summed E-state index contributed by atoms with van der Waals surface area (Å²) in [6, 6.07) is 12.2. The minimum absolute atomic E-state index is 0.00674. The molecule has 0 radical (unpaired) electrons. The quantitative estimate of drug-likeness (QED) is 0.558. The van der Waals surface area contributed by atoms with Crippen LogP contribution in [0.4, 0.5) is 0 Å². The van der Waals surface area contributed by atoms with Crippen LogP contribution in [0.5, 0.6) is 0 Å². The highest BCUT2D eigenvalue weighted by Gasteiger charge is 2.24. The molecule has 4 rings (SSSR count). The highest BCUT2D eigenvalue weighted by atomic mass is 35.5. The number of rotatable bonds is 5. The molecule has 1 aromatic heterocycles. The third-order valence-corrected chi connectivity index (χ3v) is 6.43. The first-order valence-corrected chi connectivity index (χ1v) is 11.2. The standard InChI is InChI=1S/C24H24Cl2N2O3/c1-15-11-22-18(12-19(15)26)21(29)13-23(31-22)24(30)27-14-20(28-9-3-2-4-10-28)16-5-7-17(25)8-6-16/h5-8,11-13,20H,2-4,9-10,14H2,1H3,(H,27,30)/t20-/m0/s1. The van der Waals surface area contributed by atoms with Crippen LogP contribution in [-0.2, 0) is 0 Å². The number of fused-ring (bicyclic) bond motifs is 1. The van der Waals surface area contributed by atoms with E-state index in [0.717, 1.165) is 37.1 Å². The zero-order valence-corrected chi connectivity index (χ0v) is 18.8. The largest absolute Gasteiger partial charge is 0.451 e. The van der Waals surface area contributed by atoms with Gasteiger partial charge < -0.3 is 9.73 Å². The Labute approximate surface area is 190 Å². The Hall–Kier alpha value is -2.34. The molecular formula is C24H24Cl2N2O3. The lowest BCUT2D eigenvalue weighted by Crippen LogP contribution is -2.40. The molecular weight excluding hydrogens is 435 g/mol. The van der Waals surface area contributed by atoms with Gasteiger partial charge in [0.1, 0.15) is 5.58 Å². The highest BCUT2D eigenvalue weighted by Crippen LogP contribution is 2.26. The smallest absolute Gasteiger partial charge is 0.287 e. The Morgan fingerprint density at radius 1 is 1.10 bits per heavy atom. The summed E-state index contributed by atoms with van der Waals surface area (Å²) in [5.41, 5.74) is 1.93. The monoisotopic (exact) mass is 458 g/mol. The number of benzene rings is 2. The zero-order valence-electron chi connectivity index (χ0n) is 17.3. The lowest BCUT2D eigenvalue weighted by Gasteiger charge is -2.35. The van der Waals surface area contributed by atoms with Crippen molar-refractivity contribution in [2.75, 3.05) is 19.6 Å². The average Bonchev–Trinajstić information content (AvgIpc) is 2.77. The molecule has 0 unspecified atom stereocenters. The molecule has 1 aliphatic rings. The lowest BCUT2D eigenvalue weighted by molar-refractivity contribution is 0.0897. The van der Waals surface area contributed by atoms with Gasteiger partial charge in [-0.05, 0) is 68.2 Å². The Kier molecular flexibility index (Phi) is 6.65. The van der Waals surface area contributed by atoms with E-state index in [2.05, 4.69) is 10.2 Å². The van der Waals surface area contributed by atoms with Crippen LogP contribution in [0.2, 0.25) is 10.0 Å². The van der Waals surface area contributed by atoms with Gasteiger partial charge in [-0.3, -0.25) is 14.5 Å². The summed E-state index contributed by atoms with van der Waals surface area (Å²) >= 11 is 12.2. The maximum Gasteiger partial charge on any atom is 0.287 e. The molecule has 31 heavy (non-hydrogen) atoms. The van der Waals surface area contributed by atoms with Crippen molar-refractivity contribution in [3.05, 3.63) is 79.6 Å². The van der Waals surface area contributed by atoms with Crippen molar-refractivity contribution in [2.45, 2.75) is 32.2 Å². The number of carbonyl (C=O) groups excluding carboxylic acids is 1. The molecule has 2 heterocycles. The number of nitrogens with zero attached hydrogens (tertiary/aromatic N) is 1. The van der Waals surface area contributed by atoms with Gasteiger partial charge in [0.15, 0.2) is 11.2 Å². The maximum atomic E-state index is 12.9. The van der Waals surface area contributed by atoms with Gasteiger partial charge in [0.25, 0.3) is 5.91 Å². The number of nitrogens with one attached hydrogen (secondary N) is 1. The molecule has 3 aromatic rings. The number of piperidine rings is 1. The van der Waals surface area contributed by atoms with Crippen LogP contribution in [0.3, 0.4) is 0 Å². The molecule has 1 amide bonds. The Morgan fingerprint density at radius 3 is 2.52 bits per heavy atom. The van der Waals surface area contributed by atoms with Crippen molar-refractivity contribution < 1.29 is 9.21 Å². The number of hydrogen-bond acceptors (Lipinski definition) is 4. The molecule has 1 saturated heterocycles. The van der Waals surface area contributed by atoms with E-state index in [1.807, 2.05) is 31.2 Å². The molecule has 0 aliphatic carbocycles. The van der Waals surface area contributed by atoms with Crippen molar-refractivity contribution in [2.24, 2.45) is 0 Å². The average molecular weight is 459 g/mol.